The minimum absolute atomic E-state index is 0.0341. The third-order valence-electron chi connectivity index (χ3n) is 7.86. The van der Waals surface area contributed by atoms with Crippen molar-refractivity contribution < 1.29 is 52.0 Å². The highest BCUT2D eigenvalue weighted by molar-refractivity contribution is 9.10. The molecule has 0 radical (unpaired) electrons. The van der Waals surface area contributed by atoms with Gasteiger partial charge in [-0.1, -0.05) is 58.9 Å². The van der Waals surface area contributed by atoms with Crippen molar-refractivity contribution in [2.75, 3.05) is 23.4 Å². The van der Waals surface area contributed by atoms with Gasteiger partial charge in [0.15, 0.2) is 35.7 Å². The molecule has 1 saturated heterocycles. The highest BCUT2D eigenvalue weighted by atomic mass is 79.9. The number of carbonyl (C=O) groups is 3. The van der Waals surface area contributed by atoms with Crippen LogP contribution in [0.15, 0.2) is 83.8 Å². The van der Waals surface area contributed by atoms with E-state index < -0.39 is 41.3 Å². The Balaban J connectivity index is 0.000000249. The van der Waals surface area contributed by atoms with E-state index in [1.165, 1.54) is 23.1 Å². The highest BCUT2D eigenvalue weighted by Gasteiger charge is 2.29. The zero-order valence-electron chi connectivity index (χ0n) is 32.0. The molecule has 1 aliphatic rings. The van der Waals surface area contributed by atoms with Crippen LogP contribution in [0.1, 0.15) is 80.4 Å². The van der Waals surface area contributed by atoms with Gasteiger partial charge in [-0.05, 0) is 101 Å². The van der Waals surface area contributed by atoms with Crippen LogP contribution in [-0.4, -0.2) is 47.9 Å². The summed E-state index contributed by atoms with van der Waals surface area (Å²) in [5.74, 6) is -1.25. The molecule has 0 atom stereocenters. The largest absolute Gasteiger partial charge is 0.486 e. The van der Waals surface area contributed by atoms with Crippen molar-refractivity contribution in [3.05, 3.63) is 123 Å². The quantitative estimate of drug-likeness (QED) is 0.142. The van der Waals surface area contributed by atoms with Crippen LogP contribution in [0.5, 0.6) is 11.5 Å². The van der Waals surface area contributed by atoms with Crippen LogP contribution in [0.3, 0.4) is 0 Å². The summed E-state index contributed by atoms with van der Waals surface area (Å²) in [5.41, 5.74) is 1.84. The summed E-state index contributed by atoms with van der Waals surface area (Å²) < 4.78 is 57.0. The summed E-state index contributed by atoms with van der Waals surface area (Å²) in [7, 11) is 0. The third-order valence-corrected chi connectivity index (χ3v) is 8.55. The van der Waals surface area contributed by atoms with Crippen LogP contribution < -0.4 is 19.7 Å². The van der Waals surface area contributed by atoms with E-state index >= 15 is 0 Å². The fourth-order valence-electron chi connectivity index (χ4n) is 5.45. The predicted octanol–water partition coefficient (Wildman–Crippen LogP) is 10.7. The smallest absolute Gasteiger partial charge is 0.412 e. The van der Waals surface area contributed by atoms with Crippen molar-refractivity contribution in [3.8, 4) is 11.5 Å². The molecular formula is C42H45BrF2N2O9. The lowest BCUT2D eigenvalue weighted by Crippen LogP contribution is -2.45. The van der Waals surface area contributed by atoms with Crippen molar-refractivity contribution in [3.63, 3.8) is 0 Å². The Bertz CT molecular complexity index is 2040. The molecular weight excluding hydrogens is 794 g/mol. The van der Waals surface area contributed by atoms with Gasteiger partial charge in [0.1, 0.15) is 18.8 Å². The maximum atomic E-state index is 15.0. The van der Waals surface area contributed by atoms with Gasteiger partial charge in [0.05, 0.1) is 24.3 Å². The SMILES string of the molecule is C=Cc1ccc(OCc2cccc(NC(=O)OC(C)(C)C)c2)c(F)c1C=O.CC(C)(C)N(C(=O)O)c1cccc(COc2ccc(Br)c(C3OCCO3)c2F)c1. The van der Waals surface area contributed by atoms with Crippen LogP contribution in [-0.2, 0) is 27.4 Å². The molecule has 2 amide bonds. The van der Waals surface area contributed by atoms with Gasteiger partial charge in [-0.2, -0.15) is 0 Å². The van der Waals surface area contributed by atoms with Gasteiger partial charge in [-0.25, -0.2) is 18.4 Å². The lowest BCUT2D eigenvalue weighted by molar-refractivity contribution is -0.0473. The number of benzene rings is 4. The number of nitrogens with zero attached hydrogens (tertiary/aromatic N) is 1. The maximum absolute atomic E-state index is 15.0. The van der Waals surface area contributed by atoms with E-state index in [9.17, 15) is 28.3 Å². The molecule has 298 valence electrons. The van der Waals surface area contributed by atoms with Crippen molar-refractivity contribution in [2.45, 2.75) is 72.2 Å². The first-order valence-electron chi connectivity index (χ1n) is 17.5. The summed E-state index contributed by atoms with van der Waals surface area (Å²) in [5, 5.41) is 12.2. The van der Waals surface area contributed by atoms with Gasteiger partial charge in [-0.3, -0.25) is 15.0 Å². The number of hydrogen-bond donors (Lipinski definition) is 2. The second-order valence-electron chi connectivity index (χ2n) is 14.4. The minimum Gasteiger partial charge on any atom is -0.486 e. The summed E-state index contributed by atoms with van der Waals surface area (Å²) in [6.07, 6.45) is -0.544. The molecule has 0 spiro atoms. The summed E-state index contributed by atoms with van der Waals surface area (Å²) >= 11 is 3.33. The minimum atomic E-state index is -1.05. The molecule has 56 heavy (non-hydrogen) atoms. The Labute approximate surface area is 333 Å². The van der Waals surface area contributed by atoms with E-state index in [-0.39, 0.29) is 35.8 Å². The molecule has 4 aromatic carbocycles. The molecule has 0 aliphatic carbocycles. The lowest BCUT2D eigenvalue weighted by Gasteiger charge is -2.33. The standard InChI is InChI=1S/C21H23BrFNO5.C21H22FNO4/c1-21(2,3)24(20(25)26)14-6-4-5-13(11-14)12-29-16-8-7-15(22)17(18(16)23)19-27-9-10-28-19;1-5-15-9-10-18(19(22)17(15)12-24)26-13-14-7-6-8-16(11-14)23-20(25)27-21(2,3)4/h4-8,11,19H,9-10,12H2,1-3H3,(H,25,26);5-12H,1,13H2,2-4H3,(H,23,25). The number of aldehydes is 1. The first-order chi connectivity index (χ1) is 26.4. The third kappa shape index (κ3) is 11.8. The first-order valence-corrected chi connectivity index (χ1v) is 18.3. The second kappa shape index (κ2) is 19.0. The molecule has 0 saturated carbocycles. The number of ether oxygens (including phenoxy) is 5. The van der Waals surface area contributed by atoms with E-state index in [2.05, 4.69) is 27.8 Å². The van der Waals surface area contributed by atoms with E-state index in [0.29, 0.717) is 46.5 Å². The average Bonchev–Trinajstić information content (AvgIpc) is 3.64. The van der Waals surface area contributed by atoms with Crippen molar-refractivity contribution >= 4 is 51.9 Å². The van der Waals surface area contributed by atoms with Crippen molar-refractivity contribution in [1.82, 2.24) is 0 Å². The Morgan fingerprint density at radius 1 is 0.911 bits per heavy atom. The average molecular weight is 840 g/mol. The molecule has 1 heterocycles. The second-order valence-corrected chi connectivity index (χ2v) is 15.3. The molecule has 5 rings (SSSR count). The van der Waals surface area contributed by atoms with Gasteiger partial charge >= 0.3 is 12.2 Å². The Morgan fingerprint density at radius 2 is 1.50 bits per heavy atom. The number of anilines is 2. The highest BCUT2D eigenvalue weighted by Crippen LogP contribution is 2.36. The monoisotopic (exact) mass is 838 g/mol. The Hall–Kier alpha value is -5.31. The molecule has 14 heteroatoms. The molecule has 0 bridgehead atoms. The zero-order chi connectivity index (χ0) is 41.2. The van der Waals surface area contributed by atoms with Gasteiger partial charge in [-0.15, -0.1) is 0 Å². The van der Waals surface area contributed by atoms with Crippen LogP contribution >= 0.6 is 15.9 Å². The number of amides is 2. The molecule has 4 aromatic rings. The summed E-state index contributed by atoms with van der Waals surface area (Å²) in [6.45, 7) is 15.3. The molecule has 11 nitrogen and oxygen atoms in total. The maximum Gasteiger partial charge on any atom is 0.412 e. The summed E-state index contributed by atoms with van der Waals surface area (Å²) in [6, 6.07) is 20.1. The van der Waals surface area contributed by atoms with Crippen LogP contribution in [0.2, 0.25) is 0 Å². The van der Waals surface area contributed by atoms with Gasteiger partial charge < -0.3 is 28.8 Å². The molecule has 1 aliphatic heterocycles. The fraction of sp³-hybridized carbons (Fsp3) is 0.310. The van der Waals surface area contributed by atoms with Crippen LogP contribution in [0.4, 0.5) is 29.7 Å². The zero-order valence-corrected chi connectivity index (χ0v) is 33.6. The molecule has 0 unspecified atom stereocenters. The topological polar surface area (TPSA) is 133 Å². The molecule has 2 N–H and O–H groups in total. The van der Waals surface area contributed by atoms with Crippen LogP contribution in [0.25, 0.3) is 6.08 Å². The number of carbonyl (C=O) groups excluding carboxylic acids is 2. The van der Waals surface area contributed by atoms with Crippen molar-refractivity contribution in [1.29, 1.82) is 0 Å². The van der Waals surface area contributed by atoms with Gasteiger partial charge in [0, 0.05) is 21.4 Å². The number of carboxylic acid groups (broad SMARTS) is 1. The van der Waals surface area contributed by atoms with E-state index in [0.717, 1.165) is 5.56 Å². The van der Waals surface area contributed by atoms with E-state index in [1.807, 2.05) is 20.8 Å². The van der Waals surface area contributed by atoms with E-state index in [1.54, 1.807) is 81.4 Å². The van der Waals surface area contributed by atoms with E-state index in [4.69, 9.17) is 23.7 Å². The van der Waals surface area contributed by atoms with Gasteiger partial charge in [0.25, 0.3) is 0 Å². The van der Waals surface area contributed by atoms with Gasteiger partial charge in [0.2, 0.25) is 0 Å². The van der Waals surface area contributed by atoms with Crippen molar-refractivity contribution in [2.24, 2.45) is 0 Å². The van der Waals surface area contributed by atoms with Crippen LogP contribution in [0, 0.1) is 11.6 Å². The first kappa shape index (κ1) is 43.4. The molecule has 0 aromatic heterocycles. The Morgan fingerprint density at radius 3 is 2.07 bits per heavy atom. The summed E-state index contributed by atoms with van der Waals surface area (Å²) in [4.78, 5) is 35.9. The number of nitrogens with one attached hydrogen (secondary N) is 1. The number of hydrogen-bond acceptors (Lipinski definition) is 8. The number of rotatable bonds is 11. The fourth-order valence-corrected chi connectivity index (χ4v) is 5.94. The number of halogens is 3. The predicted molar refractivity (Wildman–Crippen MR) is 212 cm³/mol. The lowest BCUT2D eigenvalue weighted by atomic mass is 10.0. The molecule has 1 fully saturated rings. The normalized spacial score (nSPS) is 12.9. The Kier molecular flexibility index (Phi) is 14.8.